The van der Waals surface area contributed by atoms with Gasteiger partial charge in [-0.15, -0.1) is 11.3 Å². The first-order valence-electron chi connectivity index (χ1n) is 7.57. The van der Waals surface area contributed by atoms with Gasteiger partial charge in [-0.05, 0) is 18.8 Å². The van der Waals surface area contributed by atoms with Crippen molar-refractivity contribution in [2.24, 2.45) is 17.6 Å². The molecule has 2 rings (SSSR count). The fourth-order valence-electron chi connectivity index (χ4n) is 2.99. The summed E-state index contributed by atoms with van der Waals surface area (Å²) in [6, 6.07) is 0.189. The van der Waals surface area contributed by atoms with Crippen molar-refractivity contribution in [3.8, 4) is 0 Å². The van der Waals surface area contributed by atoms with E-state index in [1.165, 1.54) is 43.4 Å². The predicted octanol–water partition coefficient (Wildman–Crippen LogP) is 2.94. The van der Waals surface area contributed by atoms with Gasteiger partial charge in [0, 0.05) is 18.0 Å². The van der Waals surface area contributed by atoms with Gasteiger partial charge in [-0.1, -0.05) is 39.0 Å². The van der Waals surface area contributed by atoms with Crippen molar-refractivity contribution in [1.29, 1.82) is 0 Å². The average molecular weight is 295 g/mol. The zero-order valence-corrected chi connectivity index (χ0v) is 13.2. The Morgan fingerprint density at radius 3 is 2.75 bits per heavy atom. The lowest BCUT2D eigenvalue weighted by atomic mass is 9.78. The molecule has 0 spiro atoms. The zero-order chi connectivity index (χ0) is 14.5. The zero-order valence-electron chi connectivity index (χ0n) is 12.4. The number of carbonyl (C=O) groups is 1. The molecule has 0 saturated heterocycles. The summed E-state index contributed by atoms with van der Waals surface area (Å²) in [7, 11) is 0. The molecule has 2 unspecified atom stereocenters. The Morgan fingerprint density at radius 1 is 1.45 bits per heavy atom. The lowest BCUT2D eigenvalue weighted by molar-refractivity contribution is 0.0907. The van der Waals surface area contributed by atoms with Crippen LogP contribution < -0.4 is 11.1 Å². The van der Waals surface area contributed by atoms with E-state index in [0.717, 1.165) is 10.9 Å². The fourth-order valence-corrected chi connectivity index (χ4v) is 3.64. The molecule has 0 aromatic carbocycles. The molecule has 20 heavy (non-hydrogen) atoms. The Morgan fingerprint density at radius 2 is 2.15 bits per heavy atom. The third-order valence-corrected chi connectivity index (χ3v) is 5.37. The number of amides is 1. The molecule has 1 aromatic heterocycles. The third kappa shape index (κ3) is 3.79. The average Bonchev–Trinajstić information content (AvgIpc) is 2.96. The number of carbonyl (C=O) groups excluding carboxylic acids is 1. The molecule has 1 fully saturated rings. The number of aromatic nitrogens is 1. The molecule has 1 amide bonds. The molecule has 0 aliphatic heterocycles. The highest BCUT2D eigenvalue weighted by Crippen LogP contribution is 2.31. The van der Waals surface area contributed by atoms with E-state index in [-0.39, 0.29) is 11.9 Å². The summed E-state index contributed by atoms with van der Waals surface area (Å²) in [6.07, 6.45) is 6.64. The molecule has 1 aromatic rings. The van der Waals surface area contributed by atoms with Gasteiger partial charge in [0.1, 0.15) is 10.7 Å². The van der Waals surface area contributed by atoms with E-state index in [9.17, 15) is 4.79 Å². The fraction of sp³-hybridized carbons (Fsp3) is 0.733. The van der Waals surface area contributed by atoms with Crippen molar-refractivity contribution < 1.29 is 4.79 Å². The van der Waals surface area contributed by atoms with Crippen LogP contribution in [0.2, 0.25) is 0 Å². The van der Waals surface area contributed by atoms with Crippen LogP contribution in [-0.2, 0) is 6.54 Å². The normalized spacial score (nSPS) is 19.6. The summed E-state index contributed by atoms with van der Waals surface area (Å²) in [5, 5.41) is 5.69. The maximum atomic E-state index is 12.2. The number of nitrogens with one attached hydrogen (secondary N) is 1. The van der Waals surface area contributed by atoms with Gasteiger partial charge < -0.3 is 11.1 Å². The van der Waals surface area contributed by atoms with Crippen LogP contribution in [0.4, 0.5) is 0 Å². The first-order chi connectivity index (χ1) is 9.61. The molecular formula is C15H25N3OS. The highest BCUT2D eigenvalue weighted by Gasteiger charge is 2.26. The quantitative estimate of drug-likeness (QED) is 0.877. The molecule has 1 saturated carbocycles. The molecule has 0 bridgehead atoms. The molecule has 3 N–H and O–H groups in total. The second-order valence-electron chi connectivity index (χ2n) is 5.85. The number of nitrogens with two attached hydrogens (primary N) is 1. The van der Waals surface area contributed by atoms with Crippen molar-refractivity contribution in [3.05, 3.63) is 16.1 Å². The molecule has 1 aliphatic carbocycles. The molecule has 1 heterocycles. The summed E-state index contributed by atoms with van der Waals surface area (Å²) in [5.74, 6) is 1.19. The Bertz CT molecular complexity index is 440. The molecule has 2 atom stereocenters. The van der Waals surface area contributed by atoms with Crippen LogP contribution in [0.3, 0.4) is 0 Å². The summed E-state index contributed by atoms with van der Waals surface area (Å²) in [4.78, 5) is 16.4. The minimum absolute atomic E-state index is 0.0730. The van der Waals surface area contributed by atoms with Gasteiger partial charge in [-0.2, -0.15) is 0 Å². The molecule has 5 heteroatoms. The van der Waals surface area contributed by atoms with E-state index in [1.54, 1.807) is 5.38 Å². The summed E-state index contributed by atoms with van der Waals surface area (Å²) in [6.45, 7) is 4.76. The van der Waals surface area contributed by atoms with Gasteiger partial charge >= 0.3 is 0 Å². The van der Waals surface area contributed by atoms with E-state index in [0.29, 0.717) is 18.2 Å². The maximum Gasteiger partial charge on any atom is 0.270 e. The number of rotatable bonds is 5. The second-order valence-corrected chi connectivity index (χ2v) is 6.79. The Hall–Kier alpha value is -0.940. The number of thiazole rings is 1. The topological polar surface area (TPSA) is 68.0 Å². The van der Waals surface area contributed by atoms with Crippen LogP contribution >= 0.6 is 11.3 Å². The minimum atomic E-state index is -0.0730. The minimum Gasteiger partial charge on any atom is -0.348 e. The van der Waals surface area contributed by atoms with E-state index >= 15 is 0 Å². The van der Waals surface area contributed by atoms with Gasteiger partial charge in [0.25, 0.3) is 5.91 Å². The van der Waals surface area contributed by atoms with Crippen LogP contribution in [-0.4, -0.2) is 16.9 Å². The maximum absolute atomic E-state index is 12.2. The van der Waals surface area contributed by atoms with Crippen LogP contribution in [0.15, 0.2) is 5.38 Å². The molecule has 112 valence electrons. The third-order valence-electron chi connectivity index (χ3n) is 4.50. The van der Waals surface area contributed by atoms with Gasteiger partial charge in [0.15, 0.2) is 0 Å². The smallest absolute Gasteiger partial charge is 0.270 e. The molecular weight excluding hydrogens is 270 g/mol. The Labute approximate surface area is 125 Å². The molecule has 0 radical (unpaired) electrons. The van der Waals surface area contributed by atoms with Gasteiger partial charge in [0.2, 0.25) is 0 Å². The van der Waals surface area contributed by atoms with Gasteiger partial charge in [-0.25, -0.2) is 4.98 Å². The standard InChI is InChI=1S/C15H25N3OS/c1-10(12-6-4-3-5-7-12)11(2)17-15(19)13-9-20-14(8-16)18-13/h9-12H,3-8,16H2,1-2H3,(H,17,19). The molecule has 4 nitrogen and oxygen atoms in total. The number of hydrogen-bond acceptors (Lipinski definition) is 4. The predicted molar refractivity (Wildman–Crippen MR) is 82.7 cm³/mol. The number of nitrogens with zero attached hydrogens (tertiary/aromatic N) is 1. The van der Waals surface area contributed by atoms with Gasteiger partial charge in [-0.3, -0.25) is 4.79 Å². The van der Waals surface area contributed by atoms with Crippen molar-refractivity contribution in [2.45, 2.75) is 58.5 Å². The van der Waals surface area contributed by atoms with Crippen LogP contribution in [0.25, 0.3) is 0 Å². The van der Waals surface area contributed by atoms with E-state index in [2.05, 4.69) is 24.1 Å². The van der Waals surface area contributed by atoms with Crippen molar-refractivity contribution in [3.63, 3.8) is 0 Å². The van der Waals surface area contributed by atoms with Crippen LogP contribution in [0.5, 0.6) is 0 Å². The Kier molecular flexibility index (Phi) is 5.54. The van der Waals surface area contributed by atoms with E-state index in [1.807, 2.05) is 0 Å². The largest absolute Gasteiger partial charge is 0.348 e. The SMILES string of the molecule is CC(NC(=O)c1csc(CN)n1)C(C)C1CCCCC1. The summed E-state index contributed by atoms with van der Waals surface area (Å²) < 4.78 is 0. The summed E-state index contributed by atoms with van der Waals surface area (Å²) in [5.41, 5.74) is 6.02. The first-order valence-corrected chi connectivity index (χ1v) is 8.45. The summed E-state index contributed by atoms with van der Waals surface area (Å²) >= 11 is 1.44. The lowest BCUT2D eigenvalue weighted by Gasteiger charge is -2.32. The van der Waals surface area contributed by atoms with E-state index in [4.69, 9.17) is 5.73 Å². The Balaban J connectivity index is 1.89. The highest BCUT2D eigenvalue weighted by atomic mass is 32.1. The van der Waals surface area contributed by atoms with Crippen molar-refractivity contribution in [2.75, 3.05) is 0 Å². The van der Waals surface area contributed by atoms with Crippen molar-refractivity contribution in [1.82, 2.24) is 10.3 Å². The first kappa shape index (κ1) is 15.4. The molecule has 1 aliphatic rings. The number of hydrogen-bond donors (Lipinski definition) is 2. The lowest BCUT2D eigenvalue weighted by Crippen LogP contribution is -2.40. The van der Waals surface area contributed by atoms with Crippen LogP contribution in [0.1, 0.15) is 61.4 Å². The second kappa shape index (κ2) is 7.18. The van der Waals surface area contributed by atoms with Gasteiger partial charge in [0.05, 0.1) is 0 Å². The van der Waals surface area contributed by atoms with E-state index < -0.39 is 0 Å². The monoisotopic (exact) mass is 295 g/mol. The highest BCUT2D eigenvalue weighted by molar-refractivity contribution is 7.09. The van der Waals surface area contributed by atoms with Crippen LogP contribution in [0, 0.1) is 11.8 Å². The van der Waals surface area contributed by atoms with Crippen molar-refractivity contribution >= 4 is 17.2 Å².